The maximum Gasteiger partial charge on any atom is 0.445 e. The lowest BCUT2D eigenvalue weighted by Crippen LogP contribution is -2.13. The molecule has 0 fully saturated rings. The normalized spacial score (nSPS) is 11.2. The van der Waals surface area contributed by atoms with E-state index in [-0.39, 0.29) is 22.0 Å². The lowest BCUT2D eigenvalue weighted by molar-refractivity contribution is -0.138. The molecule has 0 atom stereocenters. The molecule has 11 heteroatoms. The van der Waals surface area contributed by atoms with Gasteiger partial charge in [0.15, 0.2) is 11.5 Å². The zero-order valence-electron chi connectivity index (χ0n) is 11.7. The molecule has 0 aliphatic rings. The molecular formula is C12H9F3IN3O3S. The summed E-state index contributed by atoms with van der Waals surface area (Å²) in [5.41, 5.74) is 0.215. The van der Waals surface area contributed by atoms with Crippen molar-refractivity contribution < 1.29 is 27.4 Å². The summed E-state index contributed by atoms with van der Waals surface area (Å²) in [5, 5.41) is 7.22. The average Bonchev–Trinajstić information content (AvgIpc) is 2.95. The summed E-state index contributed by atoms with van der Waals surface area (Å²) in [4.78, 5) is 12.2. The van der Waals surface area contributed by atoms with E-state index in [0.717, 1.165) is 0 Å². The fraction of sp³-hybridized carbons (Fsp3) is 0.250. The van der Waals surface area contributed by atoms with Gasteiger partial charge in [-0.2, -0.15) is 13.2 Å². The van der Waals surface area contributed by atoms with Gasteiger partial charge in [-0.25, -0.2) is 0 Å². The molecule has 0 saturated heterocycles. The molecular weight excluding hydrogens is 450 g/mol. The van der Waals surface area contributed by atoms with Crippen LogP contribution in [0, 0.1) is 3.57 Å². The van der Waals surface area contributed by atoms with Gasteiger partial charge >= 0.3 is 6.18 Å². The average molecular weight is 459 g/mol. The fourth-order valence-electron chi connectivity index (χ4n) is 1.58. The highest BCUT2D eigenvalue weighted by molar-refractivity contribution is 14.1. The maximum absolute atomic E-state index is 12.5. The molecule has 2 rings (SSSR count). The highest BCUT2D eigenvalue weighted by atomic mass is 127. The Bertz CT molecular complexity index is 736. The Morgan fingerprint density at radius 1 is 1.22 bits per heavy atom. The van der Waals surface area contributed by atoms with E-state index in [2.05, 4.69) is 15.5 Å². The van der Waals surface area contributed by atoms with Gasteiger partial charge in [0, 0.05) is 3.57 Å². The molecule has 1 aromatic carbocycles. The molecule has 0 bridgehead atoms. The number of anilines is 1. The topological polar surface area (TPSA) is 73.3 Å². The van der Waals surface area contributed by atoms with E-state index in [9.17, 15) is 18.0 Å². The Morgan fingerprint density at radius 3 is 2.35 bits per heavy atom. The molecule has 0 radical (unpaired) electrons. The molecule has 0 spiro atoms. The number of nitrogens with one attached hydrogen (secondary N) is 1. The molecule has 1 aromatic heterocycles. The van der Waals surface area contributed by atoms with Gasteiger partial charge < -0.3 is 9.47 Å². The summed E-state index contributed by atoms with van der Waals surface area (Å²) in [6, 6.07) is 3.01. The molecule has 0 aliphatic carbocycles. The van der Waals surface area contributed by atoms with E-state index in [1.807, 2.05) is 22.6 Å². The summed E-state index contributed by atoms with van der Waals surface area (Å²) in [6.45, 7) is 0. The number of rotatable bonds is 4. The maximum atomic E-state index is 12.5. The fourth-order valence-corrected chi connectivity index (χ4v) is 2.87. The summed E-state index contributed by atoms with van der Waals surface area (Å²) in [7, 11) is 2.86. The monoisotopic (exact) mass is 459 g/mol. The first kappa shape index (κ1) is 17.7. The Labute approximate surface area is 146 Å². The molecule has 1 amide bonds. The number of hydrogen-bond acceptors (Lipinski definition) is 6. The number of amides is 1. The van der Waals surface area contributed by atoms with E-state index in [0.29, 0.717) is 15.1 Å². The van der Waals surface area contributed by atoms with Crippen LogP contribution in [0.3, 0.4) is 0 Å². The van der Waals surface area contributed by atoms with E-state index >= 15 is 0 Å². The van der Waals surface area contributed by atoms with E-state index < -0.39 is 17.1 Å². The summed E-state index contributed by atoms with van der Waals surface area (Å²) in [5.74, 6) is 0.135. The van der Waals surface area contributed by atoms with Crippen LogP contribution in [-0.4, -0.2) is 30.3 Å². The minimum absolute atomic E-state index is 0.215. The second-order valence-corrected chi connectivity index (χ2v) is 6.19. The van der Waals surface area contributed by atoms with Crippen LogP contribution in [0.4, 0.5) is 18.3 Å². The molecule has 124 valence electrons. The zero-order valence-corrected chi connectivity index (χ0v) is 14.7. The van der Waals surface area contributed by atoms with Crippen molar-refractivity contribution in [3.05, 3.63) is 26.3 Å². The SMILES string of the molecule is COc1cc(I)c(C(=O)Nc2nnc(C(F)(F)F)s2)cc1OC. The molecule has 1 heterocycles. The number of benzene rings is 1. The van der Waals surface area contributed by atoms with Crippen molar-refractivity contribution in [2.24, 2.45) is 0 Å². The smallest absolute Gasteiger partial charge is 0.445 e. The molecule has 1 N–H and O–H groups in total. The van der Waals surface area contributed by atoms with Crippen molar-refractivity contribution in [1.82, 2.24) is 10.2 Å². The van der Waals surface area contributed by atoms with Crippen LogP contribution in [0.1, 0.15) is 15.4 Å². The van der Waals surface area contributed by atoms with Gasteiger partial charge in [-0.15, -0.1) is 10.2 Å². The van der Waals surface area contributed by atoms with Crippen molar-refractivity contribution >= 4 is 45.0 Å². The lowest BCUT2D eigenvalue weighted by Gasteiger charge is -2.11. The number of alkyl halides is 3. The first-order chi connectivity index (χ1) is 10.8. The number of carbonyl (C=O) groups excluding carboxylic acids is 1. The highest BCUT2D eigenvalue weighted by Gasteiger charge is 2.35. The van der Waals surface area contributed by atoms with Crippen LogP contribution < -0.4 is 14.8 Å². The molecule has 6 nitrogen and oxygen atoms in total. The molecule has 23 heavy (non-hydrogen) atoms. The standard InChI is InChI=1S/C12H9F3IN3O3S/c1-21-7-3-5(6(16)4-8(7)22-2)9(20)17-11-19-18-10(23-11)12(13,14)15/h3-4H,1-2H3,(H,17,19,20). The van der Waals surface area contributed by atoms with E-state index in [4.69, 9.17) is 9.47 Å². The minimum atomic E-state index is -4.60. The Balaban J connectivity index is 2.26. The first-order valence-corrected chi connectivity index (χ1v) is 7.79. The summed E-state index contributed by atoms with van der Waals surface area (Å²) < 4.78 is 48.2. The third-order valence-corrected chi connectivity index (χ3v) is 4.38. The third kappa shape index (κ3) is 4.02. The Hall–Kier alpha value is -1.63. The summed E-state index contributed by atoms with van der Waals surface area (Å²) in [6.07, 6.45) is -4.60. The van der Waals surface area contributed by atoms with Crippen LogP contribution in [0.2, 0.25) is 0 Å². The number of methoxy groups -OCH3 is 2. The molecule has 0 saturated carbocycles. The van der Waals surface area contributed by atoms with Gasteiger partial charge in [-0.3, -0.25) is 10.1 Å². The van der Waals surface area contributed by atoms with Crippen molar-refractivity contribution in [2.75, 3.05) is 19.5 Å². The molecule has 0 unspecified atom stereocenters. The van der Waals surface area contributed by atoms with E-state index in [1.54, 1.807) is 6.07 Å². The molecule has 0 aliphatic heterocycles. The third-order valence-electron chi connectivity index (χ3n) is 2.61. The van der Waals surface area contributed by atoms with Crippen molar-refractivity contribution in [1.29, 1.82) is 0 Å². The van der Waals surface area contributed by atoms with E-state index in [1.165, 1.54) is 20.3 Å². The quantitative estimate of drug-likeness (QED) is 0.710. The van der Waals surface area contributed by atoms with Gasteiger partial charge in [0.25, 0.3) is 5.91 Å². The van der Waals surface area contributed by atoms with Crippen LogP contribution in [-0.2, 0) is 6.18 Å². The van der Waals surface area contributed by atoms with Crippen molar-refractivity contribution in [2.45, 2.75) is 6.18 Å². The second-order valence-electron chi connectivity index (χ2n) is 4.05. The molecule has 2 aromatic rings. The predicted molar refractivity (Wildman–Crippen MR) is 85.1 cm³/mol. The van der Waals surface area contributed by atoms with Crippen LogP contribution in [0.15, 0.2) is 12.1 Å². The Kier molecular flexibility index (Phi) is 5.29. The van der Waals surface area contributed by atoms with Crippen LogP contribution >= 0.6 is 33.9 Å². The number of aromatic nitrogens is 2. The van der Waals surface area contributed by atoms with Gasteiger partial charge in [-0.1, -0.05) is 11.3 Å². The minimum Gasteiger partial charge on any atom is -0.493 e. The number of hydrogen-bond donors (Lipinski definition) is 1. The second kappa shape index (κ2) is 6.86. The van der Waals surface area contributed by atoms with Gasteiger partial charge in [0.1, 0.15) is 0 Å². The highest BCUT2D eigenvalue weighted by Crippen LogP contribution is 2.34. The largest absolute Gasteiger partial charge is 0.493 e. The number of ether oxygens (including phenoxy) is 2. The van der Waals surface area contributed by atoms with Crippen LogP contribution in [0.25, 0.3) is 0 Å². The number of carbonyl (C=O) groups is 1. The zero-order chi connectivity index (χ0) is 17.2. The summed E-state index contributed by atoms with van der Waals surface area (Å²) >= 11 is 2.16. The number of halogens is 4. The predicted octanol–water partition coefficient (Wildman–Crippen LogP) is 3.43. The van der Waals surface area contributed by atoms with Gasteiger partial charge in [-0.05, 0) is 34.7 Å². The van der Waals surface area contributed by atoms with Gasteiger partial charge in [0.2, 0.25) is 10.1 Å². The Morgan fingerprint density at radius 2 is 1.83 bits per heavy atom. The van der Waals surface area contributed by atoms with Crippen LogP contribution in [0.5, 0.6) is 11.5 Å². The van der Waals surface area contributed by atoms with Crippen molar-refractivity contribution in [3.8, 4) is 11.5 Å². The van der Waals surface area contributed by atoms with Gasteiger partial charge in [0.05, 0.1) is 19.8 Å². The lowest BCUT2D eigenvalue weighted by atomic mass is 10.2. The number of nitrogens with zero attached hydrogens (tertiary/aromatic N) is 2. The van der Waals surface area contributed by atoms with Crippen molar-refractivity contribution in [3.63, 3.8) is 0 Å². The first-order valence-electron chi connectivity index (χ1n) is 5.89.